The standard InChI is InChI=1S/C13H19FN2O3S/c1-20(18,19)15-6-7-16-9-12(17)8-13(16)10-2-4-11(14)5-3-10/h2-5,12-13,15,17H,6-9H2,1H3. The molecule has 1 heterocycles. The number of rotatable bonds is 5. The summed E-state index contributed by atoms with van der Waals surface area (Å²) >= 11 is 0. The van der Waals surface area contributed by atoms with Gasteiger partial charge in [0.2, 0.25) is 10.0 Å². The van der Waals surface area contributed by atoms with Crippen LogP contribution in [0, 0.1) is 5.82 Å². The van der Waals surface area contributed by atoms with E-state index in [9.17, 15) is 17.9 Å². The Bertz CT molecular complexity index is 547. The van der Waals surface area contributed by atoms with Gasteiger partial charge in [0.25, 0.3) is 0 Å². The lowest BCUT2D eigenvalue weighted by Crippen LogP contribution is -2.34. The average molecular weight is 302 g/mol. The van der Waals surface area contributed by atoms with Crippen molar-refractivity contribution < 1.29 is 17.9 Å². The van der Waals surface area contributed by atoms with Crippen molar-refractivity contribution in [1.29, 1.82) is 0 Å². The van der Waals surface area contributed by atoms with Crippen molar-refractivity contribution in [3.63, 3.8) is 0 Å². The van der Waals surface area contributed by atoms with Crippen LogP contribution in [0.15, 0.2) is 24.3 Å². The lowest BCUT2D eigenvalue weighted by atomic mass is 10.0. The third-order valence-electron chi connectivity index (χ3n) is 3.40. The van der Waals surface area contributed by atoms with E-state index >= 15 is 0 Å². The van der Waals surface area contributed by atoms with Crippen LogP contribution in [0.1, 0.15) is 18.0 Å². The van der Waals surface area contributed by atoms with Crippen LogP contribution in [0.2, 0.25) is 0 Å². The molecule has 0 spiro atoms. The van der Waals surface area contributed by atoms with Gasteiger partial charge in [0, 0.05) is 25.7 Å². The smallest absolute Gasteiger partial charge is 0.208 e. The Kier molecular flexibility index (Phi) is 4.74. The minimum atomic E-state index is -3.21. The molecule has 0 amide bonds. The van der Waals surface area contributed by atoms with Crippen LogP contribution in [0.5, 0.6) is 0 Å². The number of benzene rings is 1. The van der Waals surface area contributed by atoms with Crippen molar-refractivity contribution in [1.82, 2.24) is 9.62 Å². The molecule has 2 N–H and O–H groups in total. The molecule has 1 fully saturated rings. The number of aliphatic hydroxyl groups is 1. The molecule has 0 aromatic heterocycles. The SMILES string of the molecule is CS(=O)(=O)NCCN1CC(O)CC1c1ccc(F)cc1. The van der Waals surface area contributed by atoms with Crippen LogP contribution in [-0.2, 0) is 10.0 Å². The van der Waals surface area contributed by atoms with E-state index in [2.05, 4.69) is 4.72 Å². The molecule has 0 radical (unpaired) electrons. The van der Waals surface area contributed by atoms with Gasteiger partial charge in [-0.2, -0.15) is 0 Å². The molecule has 7 heteroatoms. The maximum Gasteiger partial charge on any atom is 0.208 e. The van der Waals surface area contributed by atoms with Crippen LogP contribution in [-0.4, -0.2) is 50.4 Å². The highest BCUT2D eigenvalue weighted by Crippen LogP contribution is 2.31. The highest BCUT2D eigenvalue weighted by molar-refractivity contribution is 7.88. The molecule has 0 bridgehead atoms. The molecular weight excluding hydrogens is 283 g/mol. The first-order valence-corrected chi connectivity index (χ1v) is 8.36. The van der Waals surface area contributed by atoms with Crippen LogP contribution in [0.3, 0.4) is 0 Å². The van der Waals surface area contributed by atoms with Gasteiger partial charge >= 0.3 is 0 Å². The van der Waals surface area contributed by atoms with Gasteiger partial charge in [0.1, 0.15) is 5.82 Å². The fourth-order valence-corrected chi connectivity index (χ4v) is 2.99. The number of nitrogens with one attached hydrogen (secondary N) is 1. The zero-order chi connectivity index (χ0) is 14.8. The Morgan fingerprint density at radius 3 is 2.65 bits per heavy atom. The van der Waals surface area contributed by atoms with Crippen molar-refractivity contribution in [2.75, 3.05) is 25.9 Å². The van der Waals surface area contributed by atoms with Crippen LogP contribution < -0.4 is 4.72 Å². The highest BCUT2D eigenvalue weighted by Gasteiger charge is 2.31. The molecule has 2 unspecified atom stereocenters. The fraction of sp³-hybridized carbons (Fsp3) is 0.538. The molecule has 1 saturated heterocycles. The number of likely N-dealkylation sites (tertiary alicyclic amines) is 1. The third kappa shape index (κ3) is 4.24. The zero-order valence-corrected chi connectivity index (χ0v) is 12.1. The van der Waals surface area contributed by atoms with Gasteiger partial charge in [-0.3, -0.25) is 4.90 Å². The number of β-amino-alcohol motifs (C(OH)–C–C–N with tert-alkyl or cyclic N) is 1. The summed E-state index contributed by atoms with van der Waals surface area (Å²) in [6.07, 6.45) is 1.25. The van der Waals surface area contributed by atoms with E-state index in [1.807, 2.05) is 4.90 Å². The summed E-state index contributed by atoms with van der Waals surface area (Å²) in [5, 5.41) is 9.79. The Morgan fingerprint density at radius 2 is 2.05 bits per heavy atom. The van der Waals surface area contributed by atoms with E-state index in [1.54, 1.807) is 12.1 Å². The summed E-state index contributed by atoms with van der Waals surface area (Å²) < 4.78 is 37.5. The average Bonchev–Trinajstić information content (AvgIpc) is 2.70. The first kappa shape index (κ1) is 15.4. The molecule has 0 aliphatic carbocycles. The Balaban J connectivity index is 2.01. The molecule has 1 aliphatic heterocycles. The number of aliphatic hydroxyl groups excluding tert-OH is 1. The van der Waals surface area contributed by atoms with Gasteiger partial charge in [-0.15, -0.1) is 0 Å². The summed E-state index contributed by atoms with van der Waals surface area (Å²) in [7, 11) is -3.21. The second-order valence-electron chi connectivity index (χ2n) is 5.12. The van der Waals surface area contributed by atoms with Gasteiger partial charge < -0.3 is 5.11 Å². The topological polar surface area (TPSA) is 69.6 Å². The summed E-state index contributed by atoms with van der Waals surface area (Å²) in [5.41, 5.74) is 0.933. The number of nitrogens with zero attached hydrogens (tertiary/aromatic N) is 1. The molecular formula is C13H19FN2O3S. The van der Waals surface area contributed by atoms with Crippen molar-refractivity contribution >= 4 is 10.0 Å². The predicted molar refractivity (Wildman–Crippen MR) is 74.2 cm³/mol. The van der Waals surface area contributed by atoms with E-state index in [0.717, 1.165) is 11.8 Å². The first-order chi connectivity index (χ1) is 9.35. The molecule has 5 nitrogen and oxygen atoms in total. The van der Waals surface area contributed by atoms with Crippen molar-refractivity contribution in [3.05, 3.63) is 35.6 Å². The van der Waals surface area contributed by atoms with Gasteiger partial charge in [0.15, 0.2) is 0 Å². The number of sulfonamides is 1. The van der Waals surface area contributed by atoms with E-state index in [-0.39, 0.29) is 11.9 Å². The lowest BCUT2D eigenvalue weighted by molar-refractivity contribution is 0.176. The summed E-state index contributed by atoms with van der Waals surface area (Å²) in [5.74, 6) is -0.294. The van der Waals surface area contributed by atoms with Crippen molar-refractivity contribution in [2.45, 2.75) is 18.6 Å². The Morgan fingerprint density at radius 1 is 1.40 bits per heavy atom. The van der Waals surface area contributed by atoms with E-state index in [0.29, 0.717) is 26.1 Å². The van der Waals surface area contributed by atoms with Crippen LogP contribution >= 0.6 is 0 Å². The van der Waals surface area contributed by atoms with Crippen LogP contribution in [0.25, 0.3) is 0 Å². The lowest BCUT2D eigenvalue weighted by Gasteiger charge is -2.24. The number of halogens is 1. The zero-order valence-electron chi connectivity index (χ0n) is 11.3. The van der Waals surface area contributed by atoms with Gasteiger partial charge in [-0.05, 0) is 24.1 Å². The quantitative estimate of drug-likeness (QED) is 0.830. The highest BCUT2D eigenvalue weighted by atomic mass is 32.2. The Labute approximate surface area is 118 Å². The fourth-order valence-electron chi connectivity index (χ4n) is 2.53. The van der Waals surface area contributed by atoms with Gasteiger partial charge in [-0.1, -0.05) is 12.1 Å². The third-order valence-corrected chi connectivity index (χ3v) is 4.13. The number of hydrogen-bond acceptors (Lipinski definition) is 4. The molecule has 1 aliphatic rings. The second-order valence-corrected chi connectivity index (χ2v) is 6.95. The van der Waals surface area contributed by atoms with Crippen LogP contribution in [0.4, 0.5) is 4.39 Å². The number of hydrogen-bond donors (Lipinski definition) is 2. The first-order valence-electron chi connectivity index (χ1n) is 6.47. The van der Waals surface area contributed by atoms with Gasteiger partial charge in [0.05, 0.1) is 12.4 Å². The Hall–Kier alpha value is -1.02. The van der Waals surface area contributed by atoms with Crippen molar-refractivity contribution in [3.8, 4) is 0 Å². The van der Waals surface area contributed by atoms with E-state index in [4.69, 9.17) is 0 Å². The van der Waals surface area contributed by atoms with Crippen molar-refractivity contribution in [2.24, 2.45) is 0 Å². The molecule has 1 aromatic rings. The maximum absolute atomic E-state index is 12.9. The molecule has 112 valence electrons. The molecule has 2 rings (SSSR count). The summed E-state index contributed by atoms with van der Waals surface area (Å²) in [4.78, 5) is 2.01. The molecule has 2 atom stereocenters. The summed E-state index contributed by atoms with van der Waals surface area (Å²) in [6.45, 7) is 1.29. The minimum Gasteiger partial charge on any atom is -0.392 e. The molecule has 20 heavy (non-hydrogen) atoms. The largest absolute Gasteiger partial charge is 0.392 e. The molecule has 0 saturated carbocycles. The normalized spacial score (nSPS) is 24.1. The minimum absolute atomic E-state index is 0.00744. The predicted octanol–water partition coefficient (Wildman–Crippen LogP) is 0.483. The van der Waals surface area contributed by atoms with E-state index < -0.39 is 16.1 Å². The molecule has 1 aromatic carbocycles. The second kappa shape index (κ2) is 6.17. The van der Waals surface area contributed by atoms with Gasteiger partial charge in [-0.25, -0.2) is 17.5 Å². The van der Waals surface area contributed by atoms with E-state index in [1.165, 1.54) is 12.1 Å². The maximum atomic E-state index is 12.9. The summed E-state index contributed by atoms with van der Waals surface area (Å²) in [6, 6.07) is 6.19. The monoisotopic (exact) mass is 302 g/mol.